The van der Waals surface area contributed by atoms with Crippen LogP contribution in [0.4, 0.5) is 0 Å². The Labute approximate surface area is 94.1 Å². The van der Waals surface area contributed by atoms with E-state index in [-0.39, 0.29) is 12.5 Å². The Morgan fingerprint density at radius 2 is 2.00 bits per heavy atom. The first-order valence-electron chi connectivity index (χ1n) is 4.61. The maximum Gasteiger partial charge on any atom is 0.255 e. The fraction of sp³-hybridized carbons (Fsp3) is 0.364. The fourth-order valence-electron chi connectivity index (χ4n) is 1.39. The van der Waals surface area contributed by atoms with Gasteiger partial charge in [-0.2, -0.15) is 0 Å². The number of carbonyl (C=O) groups excluding carboxylic acids is 1. The molecule has 1 aromatic rings. The number of nitrogens with one attached hydrogen (secondary N) is 1. The van der Waals surface area contributed by atoms with Gasteiger partial charge in [0, 0.05) is 10.6 Å². The SMILES string of the molecule is C=C(Cl)CNC(=O)c1c(C)oc(C)c1C. The molecule has 4 heteroatoms. The molecule has 0 aliphatic heterocycles. The van der Waals surface area contributed by atoms with Gasteiger partial charge in [-0.15, -0.1) is 0 Å². The molecular formula is C11H14ClNO2. The molecule has 0 atom stereocenters. The van der Waals surface area contributed by atoms with Crippen LogP contribution in [0.5, 0.6) is 0 Å². The lowest BCUT2D eigenvalue weighted by Gasteiger charge is -2.03. The first-order valence-corrected chi connectivity index (χ1v) is 4.99. The molecule has 0 bridgehead atoms. The van der Waals surface area contributed by atoms with Crippen LogP contribution in [0.2, 0.25) is 0 Å². The van der Waals surface area contributed by atoms with Crippen LogP contribution in [-0.4, -0.2) is 12.5 Å². The monoisotopic (exact) mass is 227 g/mol. The lowest BCUT2D eigenvalue weighted by Crippen LogP contribution is -2.25. The quantitative estimate of drug-likeness (QED) is 0.863. The van der Waals surface area contributed by atoms with E-state index in [1.54, 1.807) is 6.92 Å². The second-order valence-electron chi connectivity index (χ2n) is 3.41. The minimum atomic E-state index is -0.177. The van der Waals surface area contributed by atoms with Gasteiger partial charge in [0.2, 0.25) is 0 Å². The molecule has 0 saturated carbocycles. The van der Waals surface area contributed by atoms with Crippen molar-refractivity contribution in [3.63, 3.8) is 0 Å². The third kappa shape index (κ3) is 2.63. The van der Waals surface area contributed by atoms with Gasteiger partial charge in [-0.3, -0.25) is 4.79 Å². The van der Waals surface area contributed by atoms with E-state index in [2.05, 4.69) is 11.9 Å². The lowest BCUT2D eigenvalue weighted by molar-refractivity contribution is 0.0955. The minimum Gasteiger partial charge on any atom is -0.466 e. The summed E-state index contributed by atoms with van der Waals surface area (Å²) in [4.78, 5) is 11.7. The maximum atomic E-state index is 11.7. The molecule has 1 rings (SSSR count). The highest BCUT2D eigenvalue weighted by Gasteiger charge is 2.17. The van der Waals surface area contributed by atoms with Crippen molar-refractivity contribution in [2.24, 2.45) is 0 Å². The summed E-state index contributed by atoms with van der Waals surface area (Å²) in [6, 6.07) is 0. The van der Waals surface area contributed by atoms with E-state index in [9.17, 15) is 4.79 Å². The van der Waals surface area contributed by atoms with Crippen molar-refractivity contribution < 1.29 is 9.21 Å². The number of amides is 1. The summed E-state index contributed by atoms with van der Waals surface area (Å²) in [5, 5.41) is 3.06. The Morgan fingerprint density at radius 3 is 2.40 bits per heavy atom. The molecule has 0 aliphatic carbocycles. The normalized spacial score (nSPS) is 10.1. The van der Waals surface area contributed by atoms with Crippen LogP contribution in [0.1, 0.15) is 27.4 Å². The molecule has 1 N–H and O–H groups in total. The zero-order valence-corrected chi connectivity index (χ0v) is 9.86. The molecule has 0 unspecified atom stereocenters. The summed E-state index contributed by atoms with van der Waals surface area (Å²) >= 11 is 5.56. The zero-order valence-electron chi connectivity index (χ0n) is 9.11. The van der Waals surface area contributed by atoms with Crippen LogP contribution in [0.25, 0.3) is 0 Å². The average molecular weight is 228 g/mol. The minimum absolute atomic E-state index is 0.177. The Balaban J connectivity index is 2.86. The Kier molecular flexibility index (Phi) is 3.58. The second-order valence-corrected chi connectivity index (χ2v) is 3.95. The number of halogens is 1. The smallest absolute Gasteiger partial charge is 0.255 e. The van der Waals surface area contributed by atoms with Gasteiger partial charge in [0.1, 0.15) is 11.5 Å². The van der Waals surface area contributed by atoms with Crippen molar-refractivity contribution in [2.45, 2.75) is 20.8 Å². The van der Waals surface area contributed by atoms with Crippen molar-refractivity contribution in [1.82, 2.24) is 5.32 Å². The maximum absolute atomic E-state index is 11.7. The van der Waals surface area contributed by atoms with E-state index in [4.69, 9.17) is 16.0 Å². The molecule has 0 saturated heterocycles. The Morgan fingerprint density at radius 1 is 1.40 bits per heavy atom. The molecule has 0 aromatic carbocycles. The number of hydrogen-bond donors (Lipinski definition) is 1. The van der Waals surface area contributed by atoms with E-state index in [0.717, 1.165) is 11.3 Å². The topological polar surface area (TPSA) is 42.2 Å². The average Bonchev–Trinajstić information content (AvgIpc) is 2.37. The van der Waals surface area contributed by atoms with Gasteiger partial charge in [-0.25, -0.2) is 0 Å². The molecule has 15 heavy (non-hydrogen) atoms. The molecule has 3 nitrogen and oxygen atoms in total. The van der Waals surface area contributed by atoms with E-state index in [1.165, 1.54) is 0 Å². The van der Waals surface area contributed by atoms with Gasteiger partial charge in [-0.05, 0) is 20.8 Å². The molecule has 0 fully saturated rings. The van der Waals surface area contributed by atoms with Gasteiger partial charge < -0.3 is 9.73 Å². The van der Waals surface area contributed by atoms with Gasteiger partial charge in [0.15, 0.2) is 0 Å². The standard InChI is InChI=1S/C11H14ClNO2/c1-6(12)5-13-11(14)10-7(2)8(3)15-9(10)4/h1,5H2,2-4H3,(H,13,14). The summed E-state index contributed by atoms with van der Waals surface area (Å²) in [5.41, 5.74) is 1.45. The highest BCUT2D eigenvalue weighted by Crippen LogP contribution is 2.20. The highest BCUT2D eigenvalue weighted by atomic mass is 35.5. The molecule has 0 aliphatic rings. The summed E-state index contributed by atoms with van der Waals surface area (Å²) in [6.45, 7) is 9.22. The van der Waals surface area contributed by atoms with Crippen LogP contribution >= 0.6 is 11.6 Å². The third-order valence-corrected chi connectivity index (χ3v) is 2.36. The summed E-state index contributed by atoms with van der Waals surface area (Å²) in [6.07, 6.45) is 0. The first-order chi connectivity index (χ1) is 6.93. The van der Waals surface area contributed by atoms with Gasteiger partial charge in [0.25, 0.3) is 5.91 Å². The van der Waals surface area contributed by atoms with Crippen LogP contribution in [0.3, 0.4) is 0 Å². The van der Waals surface area contributed by atoms with Gasteiger partial charge in [-0.1, -0.05) is 18.2 Å². The van der Waals surface area contributed by atoms with E-state index >= 15 is 0 Å². The number of furan rings is 1. The summed E-state index contributed by atoms with van der Waals surface area (Å²) in [7, 11) is 0. The number of carbonyl (C=O) groups is 1. The first kappa shape index (κ1) is 11.9. The molecule has 0 radical (unpaired) electrons. The number of rotatable bonds is 3. The van der Waals surface area contributed by atoms with E-state index < -0.39 is 0 Å². The third-order valence-electron chi connectivity index (χ3n) is 2.23. The van der Waals surface area contributed by atoms with Crippen molar-refractivity contribution in [1.29, 1.82) is 0 Å². The molecule has 1 aromatic heterocycles. The van der Waals surface area contributed by atoms with Gasteiger partial charge in [0.05, 0.1) is 12.1 Å². The Bertz CT molecular complexity index is 407. The largest absolute Gasteiger partial charge is 0.466 e. The highest BCUT2D eigenvalue weighted by molar-refractivity contribution is 6.29. The van der Waals surface area contributed by atoms with Crippen LogP contribution in [0.15, 0.2) is 16.0 Å². The molecular weight excluding hydrogens is 214 g/mol. The van der Waals surface area contributed by atoms with Gasteiger partial charge >= 0.3 is 0 Å². The predicted molar refractivity (Wildman–Crippen MR) is 60.2 cm³/mol. The molecule has 1 heterocycles. The molecule has 0 spiro atoms. The Hall–Kier alpha value is -1.22. The molecule has 82 valence electrons. The van der Waals surface area contributed by atoms with Crippen molar-refractivity contribution >= 4 is 17.5 Å². The summed E-state index contributed by atoms with van der Waals surface area (Å²) in [5.74, 6) is 1.22. The molecule has 1 amide bonds. The van der Waals surface area contributed by atoms with E-state index in [1.807, 2.05) is 13.8 Å². The summed E-state index contributed by atoms with van der Waals surface area (Å²) < 4.78 is 5.36. The number of hydrogen-bond acceptors (Lipinski definition) is 2. The van der Waals surface area contributed by atoms with Crippen molar-refractivity contribution in [3.8, 4) is 0 Å². The van der Waals surface area contributed by atoms with Crippen LogP contribution in [0, 0.1) is 20.8 Å². The van der Waals surface area contributed by atoms with E-state index in [0.29, 0.717) is 16.4 Å². The van der Waals surface area contributed by atoms with Crippen molar-refractivity contribution in [2.75, 3.05) is 6.54 Å². The lowest BCUT2D eigenvalue weighted by atomic mass is 10.1. The zero-order chi connectivity index (χ0) is 11.6. The van der Waals surface area contributed by atoms with Crippen molar-refractivity contribution in [3.05, 3.63) is 34.3 Å². The van der Waals surface area contributed by atoms with Crippen LogP contribution < -0.4 is 5.32 Å². The fourth-order valence-corrected chi connectivity index (χ4v) is 1.46. The second kappa shape index (κ2) is 4.53. The predicted octanol–water partition coefficient (Wildman–Crippen LogP) is 2.69. The van der Waals surface area contributed by atoms with Crippen LogP contribution in [-0.2, 0) is 0 Å². The number of aryl methyl sites for hydroxylation is 2.